The van der Waals surface area contributed by atoms with Crippen molar-refractivity contribution < 1.29 is 19.0 Å². The second-order valence-corrected chi connectivity index (χ2v) is 8.35. The molecule has 0 bridgehead atoms. The Bertz CT molecular complexity index is 1050. The van der Waals surface area contributed by atoms with Crippen molar-refractivity contribution in [2.24, 2.45) is 0 Å². The molecule has 1 unspecified atom stereocenters. The molecule has 2 aliphatic heterocycles. The van der Waals surface area contributed by atoms with Crippen LogP contribution in [0.25, 0.3) is 0 Å². The molecular weight excluding hydrogens is 396 g/mol. The Morgan fingerprint density at radius 1 is 1.13 bits per heavy atom. The molecule has 1 atom stereocenters. The van der Waals surface area contributed by atoms with E-state index in [1.54, 1.807) is 23.7 Å². The summed E-state index contributed by atoms with van der Waals surface area (Å²) >= 11 is 0. The van der Waals surface area contributed by atoms with Gasteiger partial charge in [0.25, 0.3) is 11.5 Å². The lowest BCUT2D eigenvalue weighted by molar-refractivity contribution is 0.0728. The van der Waals surface area contributed by atoms with Crippen molar-refractivity contribution in [3.8, 4) is 11.5 Å². The monoisotopic (exact) mass is 426 g/mol. The van der Waals surface area contributed by atoms with Crippen LogP contribution in [0.15, 0.2) is 23.0 Å². The summed E-state index contributed by atoms with van der Waals surface area (Å²) < 4.78 is 18.2. The second kappa shape index (κ2) is 8.75. The Hall–Kier alpha value is -2.80. The number of ether oxygens (including phenoxy) is 3. The predicted molar refractivity (Wildman–Crippen MR) is 117 cm³/mol. The molecule has 0 aliphatic carbocycles. The van der Waals surface area contributed by atoms with Crippen LogP contribution in [0.5, 0.6) is 11.5 Å². The van der Waals surface area contributed by atoms with E-state index in [9.17, 15) is 9.59 Å². The van der Waals surface area contributed by atoms with Gasteiger partial charge < -0.3 is 23.7 Å². The minimum atomic E-state index is -0.226. The van der Waals surface area contributed by atoms with E-state index in [1.807, 2.05) is 32.0 Å². The number of aromatic nitrogens is 1. The number of rotatable bonds is 5. The van der Waals surface area contributed by atoms with Gasteiger partial charge in [0.2, 0.25) is 0 Å². The third kappa shape index (κ3) is 4.06. The number of carbonyl (C=O) groups is 1. The van der Waals surface area contributed by atoms with Crippen molar-refractivity contribution in [1.82, 2.24) is 9.47 Å². The van der Waals surface area contributed by atoms with Crippen molar-refractivity contribution in [2.75, 3.05) is 27.4 Å². The molecule has 1 aromatic heterocycles. The summed E-state index contributed by atoms with van der Waals surface area (Å²) in [5.74, 6) is 1.11. The molecule has 4 rings (SSSR count). The molecule has 2 aromatic rings. The number of hydrogen-bond acceptors (Lipinski definition) is 5. The van der Waals surface area contributed by atoms with Gasteiger partial charge in [-0.25, -0.2) is 0 Å². The summed E-state index contributed by atoms with van der Waals surface area (Å²) in [4.78, 5) is 28.5. The fraction of sp³-hybridized carbons (Fsp3) is 0.500. The standard InChI is InChI=1S/C24H30N2O5/c1-15-10-16(2)26(14-19-6-5-9-31-19)24(28)22(15)23(27)25-8-7-17-11-20(29-3)21(30-4)12-18(17)13-25/h10-12,19H,5-9,13-14H2,1-4H3. The summed E-state index contributed by atoms with van der Waals surface area (Å²) in [6, 6.07) is 5.82. The molecular formula is C24H30N2O5. The third-order valence-corrected chi connectivity index (χ3v) is 6.33. The number of pyridine rings is 1. The average molecular weight is 427 g/mol. The third-order valence-electron chi connectivity index (χ3n) is 6.33. The van der Waals surface area contributed by atoms with E-state index in [-0.39, 0.29) is 23.1 Å². The van der Waals surface area contributed by atoms with Crippen LogP contribution >= 0.6 is 0 Å². The first-order valence-corrected chi connectivity index (χ1v) is 10.8. The topological polar surface area (TPSA) is 70.0 Å². The highest BCUT2D eigenvalue weighted by Gasteiger charge is 2.28. The lowest BCUT2D eigenvalue weighted by Gasteiger charge is -2.30. The van der Waals surface area contributed by atoms with Crippen LogP contribution in [0.1, 0.15) is 45.6 Å². The van der Waals surface area contributed by atoms with Gasteiger partial charge in [-0.15, -0.1) is 0 Å². The Morgan fingerprint density at radius 2 is 1.84 bits per heavy atom. The van der Waals surface area contributed by atoms with E-state index in [0.717, 1.165) is 36.3 Å². The van der Waals surface area contributed by atoms with Crippen molar-refractivity contribution in [3.63, 3.8) is 0 Å². The van der Waals surface area contributed by atoms with Crippen LogP contribution in [0.3, 0.4) is 0 Å². The fourth-order valence-corrected chi connectivity index (χ4v) is 4.62. The van der Waals surface area contributed by atoms with E-state index in [2.05, 4.69) is 0 Å². The molecule has 1 amide bonds. The smallest absolute Gasteiger partial charge is 0.263 e. The van der Waals surface area contributed by atoms with Crippen LogP contribution in [0.2, 0.25) is 0 Å². The average Bonchev–Trinajstić information content (AvgIpc) is 3.28. The van der Waals surface area contributed by atoms with Crippen LogP contribution in [0.4, 0.5) is 0 Å². The Labute approximate surface area is 182 Å². The first-order valence-electron chi connectivity index (χ1n) is 10.8. The van der Waals surface area contributed by atoms with Crippen molar-refractivity contribution in [1.29, 1.82) is 0 Å². The molecule has 166 valence electrons. The van der Waals surface area contributed by atoms with Gasteiger partial charge in [-0.3, -0.25) is 9.59 Å². The largest absolute Gasteiger partial charge is 0.493 e. The summed E-state index contributed by atoms with van der Waals surface area (Å²) in [5, 5.41) is 0. The summed E-state index contributed by atoms with van der Waals surface area (Å²) in [6.07, 6.45) is 2.69. The molecule has 0 N–H and O–H groups in total. The highest BCUT2D eigenvalue weighted by molar-refractivity contribution is 5.95. The highest BCUT2D eigenvalue weighted by Crippen LogP contribution is 2.33. The van der Waals surface area contributed by atoms with Gasteiger partial charge in [0.15, 0.2) is 11.5 Å². The second-order valence-electron chi connectivity index (χ2n) is 8.35. The van der Waals surface area contributed by atoms with Gasteiger partial charge in [-0.2, -0.15) is 0 Å². The zero-order valence-corrected chi connectivity index (χ0v) is 18.7. The molecule has 1 aromatic carbocycles. The number of aryl methyl sites for hydroxylation is 2. The molecule has 3 heterocycles. The maximum atomic E-state index is 13.5. The van der Waals surface area contributed by atoms with Crippen molar-refractivity contribution >= 4 is 5.91 Å². The zero-order valence-electron chi connectivity index (χ0n) is 18.7. The van der Waals surface area contributed by atoms with Crippen LogP contribution in [-0.2, 0) is 24.2 Å². The number of nitrogens with zero attached hydrogens (tertiary/aromatic N) is 2. The van der Waals surface area contributed by atoms with Gasteiger partial charge in [-0.1, -0.05) is 0 Å². The van der Waals surface area contributed by atoms with Crippen LogP contribution < -0.4 is 15.0 Å². The molecule has 0 spiro atoms. The highest BCUT2D eigenvalue weighted by atomic mass is 16.5. The van der Waals surface area contributed by atoms with Gasteiger partial charge in [-0.05, 0) is 68.0 Å². The summed E-state index contributed by atoms with van der Waals surface area (Å²) in [6.45, 7) is 5.97. The molecule has 0 radical (unpaired) electrons. The quantitative estimate of drug-likeness (QED) is 0.735. The van der Waals surface area contributed by atoms with E-state index in [4.69, 9.17) is 14.2 Å². The number of fused-ring (bicyclic) bond motifs is 1. The van der Waals surface area contributed by atoms with Crippen LogP contribution in [0, 0.1) is 13.8 Å². The number of methoxy groups -OCH3 is 2. The SMILES string of the molecule is COc1cc2c(cc1OC)CN(C(=O)c1c(C)cc(C)n(CC3CCCO3)c1=O)CC2. The van der Waals surface area contributed by atoms with E-state index < -0.39 is 0 Å². The first-order chi connectivity index (χ1) is 14.9. The minimum absolute atomic E-state index is 0.0337. The lowest BCUT2D eigenvalue weighted by Crippen LogP contribution is -2.41. The summed E-state index contributed by atoms with van der Waals surface area (Å²) in [7, 11) is 3.22. The maximum absolute atomic E-state index is 13.5. The van der Waals surface area contributed by atoms with Crippen molar-refractivity contribution in [2.45, 2.75) is 52.3 Å². The lowest BCUT2D eigenvalue weighted by atomic mass is 9.97. The summed E-state index contributed by atoms with van der Waals surface area (Å²) in [5.41, 5.74) is 3.76. The zero-order chi connectivity index (χ0) is 22.1. The number of benzene rings is 1. The Morgan fingerprint density at radius 3 is 2.48 bits per heavy atom. The van der Waals surface area contributed by atoms with E-state index in [1.165, 1.54) is 0 Å². The Kier molecular flexibility index (Phi) is 6.05. The van der Waals surface area contributed by atoms with Gasteiger partial charge in [0.05, 0.1) is 26.9 Å². The first kappa shape index (κ1) is 21.4. The minimum Gasteiger partial charge on any atom is -0.493 e. The molecule has 1 fully saturated rings. The number of carbonyl (C=O) groups excluding carboxylic acids is 1. The van der Waals surface area contributed by atoms with Gasteiger partial charge >= 0.3 is 0 Å². The number of hydrogen-bond donors (Lipinski definition) is 0. The van der Waals surface area contributed by atoms with E-state index in [0.29, 0.717) is 43.1 Å². The fourth-order valence-electron chi connectivity index (χ4n) is 4.62. The molecule has 31 heavy (non-hydrogen) atoms. The molecule has 1 saturated heterocycles. The molecule has 0 saturated carbocycles. The van der Waals surface area contributed by atoms with Crippen LogP contribution in [-0.4, -0.2) is 48.8 Å². The van der Waals surface area contributed by atoms with E-state index >= 15 is 0 Å². The maximum Gasteiger partial charge on any atom is 0.263 e. The molecule has 7 nitrogen and oxygen atoms in total. The number of amides is 1. The predicted octanol–water partition coefficient (Wildman–Crippen LogP) is 2.86. The Balaban J connectivity index is 1.63. The molecule has 2 aliphatic rings. The van der Waals surface area contributed by atoms with Gasteiger partial charge in [0.1, 0.15) is 5.56 Å². The van der Waals surface area contributed by atoms with Gasteiger partial charge in [0, 0.05) is 25.4 Å². The normalized spacial score (nSPS) is 18.1. The van der Waals surface area contributed by atoms with Crippen molar-refractivity contribution in [3.05, 3.63) is 56.5 Å². The molecule has 7 heteroatoms.